The highest BCUT2D eigenvalue weighted by Crippen LogP contribution is 2.42. The molecule has 7 heteroatoms. The summed E-state index contributed by atoms with van der Waals surface area (Å²) in [4.78, 5) is 31.2. The molecule has 200 valence electrons. The van der Waals surface area contributed by atoms with Crippen molar-refractivity contribution in [2.45, 2.75) is 32.7 Å². The average Bonchev–Trinajstić information content (AvgIpc) is 3.44. The first-order valence-corrected chi connectivity index (χ1v) is 13.4. The topological polar surface area (TPSA) is 66.8 Å². The third-order valence-electron chi connectivity index (χ3n) is 7.06. The van der Waals surface area contributed by atoms with Crippen LogP contribution in [0.5, 0.6) is 5.75 Å². The molecule has 0 bridgehead atoms. The van der Waals surface area contributed by atoms with E-state index < -0.39 is 0 Å². The predicted molar refractivity (Wildman–Crippen MR) is 155 cm³/mol. The molecule has 1 aromatic heterocycles. The second-order valence-corrected chi connectivity index (χ2v) is 9.81. The van der Waals surface area contributed by atoms with Gasteiger partial charge in [-0.25, -0.2) is 4.79 Å². The Hall–Kier alpha value is -4.52. The van der Waals surface area contributed by atoms with E-state index in [0.29, 0.717) is 18.0 Å². The van der Waals surface area contributed by atoms with Gasteiger partial charge in [0, 0.05) is 24.5 Å². The molecule has 0 spiro atoms. The van der Waals surface area contributed by atoms with Crippen LogP contribution in [-0.4, -0.2) is 41.6 Å². The Morgan fingerprint density at radius 3 is 2.51 bits per heavy atom. The van der Waals surface area contributed by atoms with Gasteiger partial charge in [0.1, 0.15) is 18.3 Å². The van der Waals surface area contributed by atoms with Crippen LogP contribution < -0.4 is 15.0 Å². The highest BCUT2D eigenvalue weighted by atomic mass is 16.5. The number of ether oxygens (including phenoxy) is 1. The van der Waals surface area contributed by atoms with Crippen molar-refractivity contribution >= 4 is 23.3 Å². The number of aryl methyl sites for hydroxylation is 1. The van der Waals surface area contributed by atoms with E-state index in [2.05, 4.69) is 48.0 Å². The smallest absolute Gasteiger partial charge is 0.322 e. The van der Waals surface area contributed by atoms with E-state index in [0.717, 1.165) is 41.0 Å². The maximum absolute atomic E-state index is 14.3. The SMILES string of the molecule is CCCCN(CC(=O)N1c2ccccc2-n2cccc2C1c1cccc(C)c1)C(=O)Nc1cccc(OC)c1. The first-order valence-electron chi connectivity index (χ1n) is 13.4. The van der Waals surface area contributed by atoms with E-state index in [1.807, 2.05) is 65.7 Å². The van der Waals surface area contributed by atoms with Crippen molar-refractivity contribution in [3.63, 3.8) is 0 Å². The lowest BCUT2D eigenvalue weighted by atomic mass is 9.96. The number of nitrogens with zero attached hydrogens (tertiary/aromatic N) is 3. The third kappa shape index (κ3) is 5.39. The number of benzene rings is 3. The molecule has 1 N–H and O–H groups in total. The van der Waals surface area contributed by atoms with Gasteiger partial charge in [-0.3, -0.25) is 9.69 Å². The van der Waals surface area contributed by atoms with E-state index in [1.165, 1.54) is 0 Å². The normalized spacial score (nSPS) is 13.8. The Bertz CT molecular complexity index is 1480. The third-order valence-corrected chi connectivity index (χ3v) is 7.06. The summed E-state index contributed by atoms with van der Waals surface area (Å²) >= 11 is 0. The minimum absolute atomic E-state index is 0.0485. The molecule has 1 unspecified atom stereocenters. The van der Waals surface area contributed by atoms with Crippen molar-refractivity contribution in [2.75, 3.05) is 30.4 Å². The van der Waals surface area contributed by atoms with Gasteiger partial charge in [-0.05, 0) is 55.3 Å². The molecule has 0 aliphatic carbocycles. The van der Waals surface area contributed by atoms with Crippen molar-refractivity contribution in [2.24, 2.45) is 0 Å². The first-order chi connectivity index (χ1) is 19.0. The summed E-state index contributed by atoms with van der Waals surface area (Å²) in [6.07, 6.45) is 3.73. The summed E-state index contributed by atoms with van der Waals surface area (Å²) in [5, 5.41) is 2.95. The molecule has 3 aromatic carbocycles. The number of nitrogens with one attached hydrogen (secondary N) is 1. The monoisotopic (exact) mass is 522 g/mol. The molecule has 1 aliphatic heterocycles. The molecule has 0 saturated carbocycles. The van der Waals surface area contributed by atoms with Crippen LogP contribution in [0.25, 0.3) is 5.69 Å². The summed E-state index contributed by atoms with van der Waals surface area (Å²) in [7, 11) is 1.59. The molecular weight excluding hydrogens is 488 g/mol. The van der Waals surface area contributed by atoms with Crippen LogP contribution in [0, 0.1) is 6.92 Å². The van der Waals surface area contributed by atoms with E-state index >= 15 is 0 Å². The fourth-order valence-corrected chi connectivity index (χ4v) is 5.16. The minimum atomic E-state index is -0.322. The largest absolute Gasteiger partial charge is 0.497 e. The molecule has 5 rings (SSSR count). The number of fused-ring (bicyclic) bond motifs is 3. The quantitative estimate of drug-likeness (QED) is 0.285. The number of urea groups is 1. The lowest BCUT2D eigenvalue weighted by Crippen LogP contribution is -2.48. The number of aromatic nitrogens is 1. The zero-order chi connectivity index (χ0) is 27.4. The summed E-state index contributed by atoms with van der Waals surface area (Å²) in [6.45, 7) is 4.55. The van der Waals surface area contributed by atoms with Crippen molar-refractivity contribution in [1.29, 1.82) is 0 Å². The number of hydrogen-bond acceptors (Lipinski definition) is 3. The summed E-state index contributed by atoms with van der Waals surface area (Å²) in [6, 6.07) is 26.9. The molecule has 1 aliphatic rings. The Morgan fingerprint density at radius 1 is 0.949 bits per heavy atom. The lowest BCUT2D eigenvalue weighted by Gasteiger charge is -2.39. The fourth-order valence-electron chi connectivity index (χ4n) is 5.16. The second-order valence-electron chi connectivity index (χ2n) is 9.81. The zero-order valence-corrected chi connectivity index (χ0v) is 22.6. The summed E-state index contributed by atoms with van der Waals surface area (Å²) < 4.78 is 7.44. The Morgan fingerprint density at radius 2 is 1.74 bits per heavy atom. The second kappa shape index (κ2) is 11.5. The van der Waals surface area contributed by atoms with E-state index in [1.54, 1.807) is 18.1 Å². The summed E-state index contributed by atoms with van der Waals surface area (Å²) in [5.41, 5.74) is 5.54. The van der Waals surface area contributed by atoms with Gasteiger partial charge in [0.2, 0.25) is 5.91 Å². The van der Waals surface area contributed by atoms with Gasteiger partial charge >= 0.3 is 6.03 Å². The number of para-hydroxylation sites is 2. The number of amides is 3. The van der Waals surface area contributed by atoms with Crippen molar-refractivity contribution in [3.8, 4) is 11.4 Å². The number of anilines is 2. The van der Waals surface area contributed by atoms with Crippen molar-refractivity contribution in [1.82, 2.24) is 9.47 Å². The van der Waals surface area contributed by atoms with Crippen molar-refractivity contribution < 1.29 is 14.3 Å². The van der Waals surface area contributed by atoms with Crippen LogP contribution in [0.2, 0.25) is 0 Å². The fraction of sp³-hybridized carbons (Fsp3) is 0.250. The minimum Gasteiger partial charge on any atom is -0.497 e. The molecule has 0 fully saturated rings. The van der Waals surface area contributed by atoms with E-state index in [4.69, 9.17) is 4.74 Å². The molecular formula is C32H34N4O3. The van der Waals surface area contributed by atoms with Gasteiger partial charge in [-0.1, -0.05) is 61.4 Å². The average molecular weight is 523 g/mol. The van der Waals surface area contributed by atoms with Crippen LogP contribution in [0.15, 0.2) is 91.1 Å². The maximum Gasteiger partial charge on any atom is 0.322 e. The van der Waals surface area contributed by atoms with Gasteiger partial charge in [-0.2, -0.15) is 0 Å². The number of carbonyl (C=O) groups excluding carboxylic acids is 2. The molecule has 3 amide bonds. The van der Waals surface area contributed by atoms with Crippen LogP contribution >= 0.6 is 0 Å². The molecule has 0 saturated heterocycles. The number of methoxy groups -OCH3 is 1. The molecule has 39 heavy (non-hydrogen) atoms. The molecule has 2 heterocycles. The van der Waals surface area contributed by atoms with Gasteiger partial charge < -0.3 is 19.5 Å². The van der Waals surface area contributed by atoms with Crippen molar-refractivity contribution in [3.05, 3.63) is 108 Å². The van der Waals surface area contributed by atoms with Crippen LogP contribution in [0.4, 0.5) is 16.2 Å². The first kappa shape index (κ1) is 26.1. The van der Waals surface area contributed by atoms with Crippen LogP contribution in [0.3, 0.4) is 0 Å². The Kier molecular flexibility index (Phi) is 7.68. The molecule has 1 atom stereocenters. The zero-order valence-electron chi connectivity index (χ0n) is 22.6. The number of unbranched alkanes of at least 4 members (excludes halogenated alkanes) is 1. The molecule has 7 nitrogen and oxygen atoms in total. The van der Waals surface area contributed by atoms with Gasteiger partial charge in [0.25, 0.3) is 0 Å². The lowest BCUT2D eigenvalue weighted by molar-refractivity contribution is -0.119. The molecule has 4 aromatic rings. The van der Waals surface area contributed by atoms with Gasteiger partial charge in [-0.15, -0.1) is 0 Å². The number of rotatable bonds is 8. The van der Waals surface area contributed by atoms with Gasteiger partial charge in [0.15, 0.2) is 0 Å². The Balaban J connectivity index is 1.49. The summed E-state index contributed by atoms with van der Waals surface area (Å²) in [5.74, 6) is 0.510. The van der Waals surface area contributed by atoms with Gasteiger partial charge in [0.05, 0.1) is 24.2 Å². The standard InChI is InChI=1S/C32H34N4O3/c1-4-5-18-34(32(38)33-25-13-9-14-26(21-25)39-3)22-30(37)36-28-16-7-6-15-27(28)35-19-10-17-29(35)31(36)24-12-8-11-23(2)20-24/h6-17,19-21,31H,4-5,18,22H2,1-3H3,(H,33,38). The predicted octanol–water partition coefficient (Wildman–Crippen LogP) is 6.56. The van der Waals surface area contributed by atoms with E-state index in [-0.39, 0.29) is 24.5 Å². The van der Waals surface area contributed by atoms with Crippen LogP contribution in [0.1, 0.15) is 42.6 Å². The number of carbonyl (C=O) groups is 2. The highest BCUT2D eigenvalue weighted by Gasteiger charge is 2.37. The highest BCUT2D eigenvalue weighted by molar-refractivity contribution is 6.01. The maximum atomic E-state index is 14.3. The molecule has 0 radical (unpaired) electrons. The Labute approximate surface area is 229 Å². The van der Waals surface area contributed by atoms with E-state index in [9.17, 15) is 9.59 Å². The van der Waals surface area contributed by atoms with Crippen LogP contribution in [-0.2, 0) is 4.79 Å². The number of hydrogen-bond donors (Lipinski definition) is 1.